The van der Waals surface area contributed by atoms with E-state index in [1.165, 1.54) is 19.1 Å². The van der Waals surface area contributed by atoms with Gasteiger partial charge >= 0.3 is 6.09 Å². The maximum atomic E-state index is 11.5. The number of carbonyl (C=O) groups excluding carboxylic acids is 1. The van der Waals surface area contributed by atoms with Crippen LogP contribution in [0.2, 0.25) is 0 Å². The van der Waals surface area contributed by atoms with E-state index >= 15 is 0 Å². The number of alkyl halides is 1. The topological polar surface area (TPSA) is 38.8 Å². The fourth-order valence-corrected chi connectivity index (χ4v) is 0.482. The van der Waals surface area contributed by atoms with Gasteiger partial charge in [0.15, 0.2) is 0 Å². The summed E-state index contributed by atoms with van der Waals surface area (Å²) in [7, 11) is 2.96. The molecule has 0 rings (SSSR count). The molecular formula is C6H12FNO3. The molecule has 0 saturated carbocycles. The molecule has 0 N–H and O–H groups in total. The lowest BCUT2D eigenvalue weighted by Crippen LogP contribution is -2.29. The Morgan fingerprint density at radius 1 is 1.64 bits per heavy atom. The number of hydrogen-bond acceptors (Lipinski definition) is 3. The predicted molar refractivity (Wildman–Crippen MR) is 37.0 cm³/mol. The van der Waals surface area contributed by atoms with Gasteiger partial charge in [0.05, 0.1) is 0 Å². The molecule has 11 heavy (non-hydrogen) atoms. The van der Waals surface area contributed by atoms with Gasteiger partial charge in [0.2, 0.25) is 0 Å². The van der Waals surface area contributed by atoms with Gasteiger partial charge in [-0.1, -0.05) is 0 Å². The molecular weight excluding hydrogens is 153 g/mol. The lowest BCUT2D eigenvalue weighted by atomic mass is 10.8. The van der Waals surface area contributed by atoms with Gasteiger partial charge < -0.3 is 9.47 Å². The van der Waals surface area contributed by atoms with Crippen LogP contribution in [0.25, 0.3) is 0 Å². The van der Waals surface area contributed by atoms with Crippen LogP contribution in [0, 0.1) is 0 Å². The van der Waals surface area contributed by atoms with E-state index < -0.39 is 12.8 Å². The van der Waals surface area contributed by atoms with Crippen molar-refractivity contribution in [2.24, 2.45) is 0 Å². The van der Waals surface area contributed by atoms with Crippen molar-refractivity contribution in [2.75, 3.05) is 34.2 Å². The molecule has 0 aliphatic rings. The van der Waals surface area contributed by atoms with E-state index in [9.17, 15) is 9.18 Å². The van der Waals surface area contributed by atoms with Crippen molar-refractivity contribution in [1.82, 2.24) is 4.90 Å². The lowest BCUT2D eigenvalue weighted by molar-refractivity contribution is 0.0514. The molecule has 0 aliphatic carbocycles. The first-order valence-electron chi connectivity index (χ1n) is 3.15. The van der Waals surface area contributed by atoms with Gasteiger partial charge in [-0.3, -0.25) is 4.90 Å². The molecule has 0 aliphatic heterocycles. The first-order chi connectivity index (χ1) is 5.22. The highest BCUT2D eigenvalue weighted by Crippen LogP contribution is 1.89. The largest absolute Gasteiger partial charge is 0.447 e. The van der Waals surface area contributed by atoms with E-state index in [1.54, 1.807) is 0 Å². The third-order valence-corrected chi connectivity index (χ3v) is 0.937. The van der Waals surface area contributed by atoms with E-state index in [0.717, 1.165) is 0 Å². The highest BCUT2D eigenvalue weighted by atomic mass is 19.1. The molecule has 0 unspecified atom stereocenters. The Balaban J connectivity index is 3.47. The molecule has 0 aromatic heterocycles. The predicted octanol–water partition coefficient (Wildman–Crippen LogP) is 0.628. The summed E-state index contributed by atoms with van der Waals surface area (Å²) < 4.78 is 20.5. The van der Waals surface area contributed by atoms with Crippen LogP contribution in [0.15, 0.2) is 0 Å². The second kappa shape index (κ2) is 5.91. The summed E-state index contributed by atoms with van der Waals surface area (Å²) in [4.78, 5) is 12.0. The molecule has 1 amide bonds. The Hall–Kier alpha value is -0.840. The summed E-state index contributed by atoms with van der Waals surface area (Å²) in [5, 5.41) is 0. The zero-order valence-corrected chi connectivity index (χ0v) is 6.67. The Morgan fingerprint density at radius 2 is 2.27 bits per heavy atom. The third-order valence-electron chi connectivity index (χ3n) is 0.937. The minimum absolute atomic E-state index is 0.144. The quantitative estimate of drug-likeness (QED) is 0.573. The van der Waals surface area contributed by atoms with E-state index in [-0.39, 0.29) is 13.3 Å². The van der Waals surface area contributed by atoms with Crippen LogP contribution >= 0.6 is 0 Å². The van der Waals surface area contributed by atoms with Crippen LogP contribution in [-0.4, -0.2) is 45.2 Å². The molecule has 0 saturated heterocycles. The van der Waals surface area contributed by atoms with Crippen LogP contribution in [0.3, 0.4) is 0 Å². The highest BCUT2D eigenvalue weighted by molar-refractivity contribution is 5.66. The van der Waals surface area contributed by atoms with Crippen molar-refractivity contribution >= 4 is 6.09 Å². The van der Waals surface area contributed by atoms with Gasteiger partial charge in [-0.05, 0) is 0 Å². The minimum atomic E-state index is -0.660. The molecule has 0 spiro atoms. The summed E-state index contributed by atoms with van der Waals surface area (Å²) in [6.07, 6.45) is -0.579. The normalized spacial score (nSPS) is 9.36. The molecule has 0 bridgehead atoms. The van der Waals surface area contributed by atoms with Gasteiger partial charge in [0.25, 0.3) is 0 Å². The lowest BCUT2D eigenvalue weighted by Gasteiger charge is -2.14. The average Bonchev–Trinajstić information content (AvgIpc) is 2.00. The maximum absolute atomic E-state index is 11.5. The van der Waals surface area contributed by atoms with Crippen molar-refractivity contribution < 1.29 is 18.7 Å². The summed E-state index contributed by atoms with van der Waals surface area (Å²) in [5.74, 6) is 0. The van der Waals surface area contributed by atoms with Gasteiger partial charge in [0.1, 0.15) is 20.0 Å². The second-order valence-corrected chi connectivity index (χ2v) is 1.92. The third kappa shape index (κ3) is 4.55. The van der Waals surface area contributed by atoms with Crippen LogP contribution in [0.4, 0.5) is 9.18 Å². The SMILES string of the molecule is COCN(C)C(=O)OCCF. The summed E-state index contributed by atoms with van der Waals surface area (Å²) >= 11 is 0. The van der Waals surface area contributed by atoms with Crippen molar-refractivity contribution in [2.45, 2.75) is 0 Å². The number of hydrogen-bond donors (Lipinski definition) is 0. The van der Waals surface area contributed by atoms with Crippen LogP contribution in [0.1, 0.15) is 0 Å². The number of carbonyl (C=O) groups is 1. The van der Waals surface area contributed by atoms with Gasteiger partial charge in [-0.2, -0.15) is 0 Å². The molecule has 4 nitrogen and oxygen atoms in total. The van der Waals surface area contributed by atoms with Crippen molar-refractivity contribution in [3.05, 3.63) is 0 Å². The molecule has 0 aromatic rings. The number of methoxy groups -OCH3 is 1. The number of halogens is 1. The smallest absolute Gasteiger partial charge is 0.411 e. The van der Waals surface area contributed by atoms with E-state index in [0.29, 0.717) is 0 Å². The maximum Gasteiger partial charge on any atom is 0.411 e. The highest BCUT2D eigenvalue weighted by Gasteiger charge is 2.07. The number of ether oxygens (including phenoxy) is 2. The monoisotopic (exact) mass is 165 g/mol. The summed E-state index contributed by atoms with van der Waals surface area (Å²) in [6.45, 7) is -0.718. The zero-order valence-electron chi connectivity index (χ0n) is 6.67. The van der Waals surface area contributed by atoms with Crippen molar-refractivity contribution in [3.8, 4) is 0 Å². The molecule has 0 atom stereocenters. The van der Waals surface area contributed by atoms with Gasteiger partial charge in [-0.15, -0.1) is 0 Å². The average molecular weight is 165 g/mol. The molecule has 0 fully saturated rings. The van der Waals surface area contributed by atoms with Crippen LogP contribution in [-0.2, 0) is 9.47 Å². The number of nitrogens with zero attached hydrogens (tertiary/aromatic N) is 1. The Morgan fingerprint density at radius 3 is 2.73 bits per heavy atom. The molecule has 5 heteroatoms. The van der Waals surface area contributed by atoms with E-state index in [2.05, 4.69) is 9.47 Å². The standard InChI is InChI=1S/C6H12FNO3/c1-8(5-10-2)6(9)11-4-3-7/h3-5H2,1-2H3. The first kappa shape index (κ1) is 10.2. The molecule has 0 aromatic carbocycles. The molecule has 0 radical (unpaired) electrons. The van der Waals surface area contributed by atoms with Gasteiger partial charge in [0, 0.05) is 14.2 Å². The first-order valence-corrected chi connectivity index (χ1v) is 3.15. The fourth-order valence-electron chi connectivity index (χ4n) is 0.482. The van der Waals surface area contributed by atoms with Gasteiger partial charge in [-0.25, -0.2) is 9.18 Å². The van der Waals surface area contributed by atoms with Crippen LogP contribution in [0.5, 0.6) is 0 Å². The van der Waals surface area contributed by atoms with Crippen LogP contribution < -0.4 is 0 Å². The fraction of sp³-hybridized carbons (Fsp3) is 0.833. The Labute approximate surface area is 64.9 Å². The molecule has 0 heterocycles. The molecule has 66 valence electrons. The Bertz CT molecular complexity index is 120. The van der Waals surface area contributed by atoms with E-state index in [1.807, 2.05) is 0 Å². The number of rotatable bonds is 4. The summed E-state index contributed by atoms with van der Waals surface area (Å²) in [6, 6.07) is 0. The van der Waals surface area contributed by atoms with E-state index in [4.69, 9.17) is 0 Å². The number of amides is 1. The Kier molecular flexibility index (Phi) is 5.46. The second-order valence-electron chi connectivity index (χ2n) is 1.92. The summed E-state index contributed by atoms with van der Waals surface area (Å²) in [5.41, 5.74) is 0. The minimum Gasteiger partial charge on any atom is -0.447 e. The van der Waals surface area contributed by atoms with Crippen molar-refractivity contribution in [1.29, 1.82) is 0 Å². The zero-order chi connectivity index (χ0) is 8.69. The van der Waals surface area contributed by atoms with Crippen molar-refractivity contribution in [3.63, 3.8) is 0 Å².